The van der Waals surface area contributed by atoms with Crippen LogP contribution in [0.1, 0.15) is 25.7 Å². The van der Waals surface area contributed by atoms with Gasteiger partial charge in [0.15, 0.2) is 0 Å². The van der Waals surface area contributed by atoms with Gasteiger partial charge >= 0.3 is 5.97 Å². The lowest BCUT2D eigenvalue weighted by atomic mass is 10.1. The van der Waals surface area contributed by atoms with E-state index in [1.54, 1.807) is 17.0 Å². The van der Waals surface area contributed by atoms with Gasteiger partial charge in [0.05, 0.1) is 24.5 Å². The summed E-state index contributed by atoms with van der Waals surface area (Å²) in [7, 11) is -2.60. The number of piperidine rings is 1. The number of esters is 1. The second-order valence-corrected chi connectivity index (χ2v) is 13.6. The highest BCUT2D eigenvalue weighted by molar-refractivity contribution is 7.91. The van der Waals surface area contributed by atoms with Gasteiger partial charge in [-0.15, -0.1) is 22.7 Å². The Bertz CT molecular complexity index is 1250. The molecule has 0 spiro atoms. The summed E-state index contributed by atoms with van der Waals surface area (Å²) in [4.78, 5) is 42.3. The third kappa shape index (κ3) is 6.89. The quantitative estimate of drug-likeness (QED) is 0.407. The monoisotopic (exact) mass is 588 g/mol. The Balaban J connectivity index is 1.35. The van der Waals surface area contributed by atoms with Crippen LogP contribution in [0.3, 0.4) is 0 Å². The molecule has 10 nitrogen and oxygen atoms in total. The standard InChI is InChI=1S/C23H29ClN4O6S3/c1-34-21(30)13-25-12-15-4-2-11-28(15)20(29)14-27-10-3-5-16(23(27)31)26-37(32,33)22-9-7-18(36-22)17-6-8-19(24)35-17/h6-9,15-16,25-26H,2-5,10-14H2,1H3/t15-,16-/m0/s1. The predicted octanol–water partition coefficient (Wildman–Crippen LogP) is 2.15. The molecule has 2 N–H and O–H groups in total. The van der Waals surface area contributed by atoms with Crippen LogP contribution in [0.2, 0.25) is 4.34 Å². The third-order valence-corrected chi connectivity index (χ3v) is 10.9. The average molecular weight is 589 g/mol. The number of nitrogens with zero attached hydrogens (tertiary/aromatic N) is 2. The molecule has 2 aliphatic heterocycles. The Labute approximate surface area is 229 Å². The van der Waals surface area contributed by atoms with E-state index in [-0.39, 0.29) is 35.2 Å². The molecule has 4 rings (SSSR count). The van der Waals surface area contributed by atoms with Crippen LogP contribution >= 0.6 is 34.3 Å². The van der Waals surface area contributed by atoms with Crippen LogP contribution in [0.4, 0.5) is 0 Å². The molecule has 0 radical (unpaired) electrons. The van der Waals surface area contributed by atoms with Gasteiger partial charge in [-0.3, -0.25) is 14.4 Å². The summed E-state index contributed by atoms with van der Waals surface area (Å²) in [5, 5.41) is 3.01. The van der Waals surface area contributed by atoms with Crippen LogP contribution in [0.25, 0.3) is 9.75 Å². The first kappa shape index (κ1) is 28.0. The largest absolute Gasteiger partial charge is 0.468 e. The number of rotatable bonds is 10. The molecule has 2 amide bonds. The lowest BCUT2D eigenvalue weighted by Gasteiger charge is -2.34. The van der Waals surface area contributed by atoms with Crippen molar-refractivity contribution in [2.24, 2.45) is 0 Å². The van der Waals surface area contributed by atoms with Crippen molar-refractivity contribution in [3.8, 4) is 9.75 Å². The number of carbonyl (C=O) groups excluding carboxylic acids is 3. The van der Waals surface area contributed by atoms with E-state index in [0.29, 0.717) is 36.8 Å². The van der Waals surface area contributed by atoms with Crippen molar-refractivity contribution in [2.45, 2.75) is 42.0 Å². The Morgan fingerprint density at radius 1 is 1.11 bits per heavy atom. The SMILES string of the molecule is COC(=O)CNC[C@@H]1CCCN1C(=O)CN1CCC[C@H](NS(=O)(=O)c2ccc(-c3ccc(Cl)s3)s2)C1=O. The molecule has 4 heterocycles. The lowest BCUT2D eigenvalue weighted by molar-refractivity contribution is -0.143. The zero-order valence-electron chi connectivity index (χ0n) is 20.3. The maximum absolute atomic E-state index is 13.1. The van der Waals surface area contributed by atoms with E-state index in [1.165, 1.54) is 29.4 Å². The van der Waals surface area contributed by atoms with E-state index in [2.05, 4.69) is 14.8 Å². The van der Waals surface area contributed by atoms with Gasteiger partial charge in [-0.2, -0.15) is 4.72 Å². The molecule has 2 aromatic heterocycles. The number of halogens is 1. The molecular formula is C23H29ClN4O6S3. The average Bonchev–Trinajstić information content (AvgIpc) is 3.62. The van der Waals surface area contributed by atoms with E-state index in [0.717, 1.165) is 33.9 Å². The van der Waals surface area contributed by atoms with Crippen molar-refractivity contribution >= 4 is 62.1 Å². The molecule has 14 heteroatoms. The van der Waals surface area contributed by atoms with Gasteiger partial charge in [0.25, 0.3) is 10.0 Å². The summed E-state index contributed by atoms with van der Waals surface area (Å²) < 4.78 is 34.0. The number of amides is 2. The van der Waals surface area contributed by atoms with Crippen LogP contribution in [0.15, 0.2) is 28.5 Å². The molecule has 37 heavy (non-hydrogen) atoms. The molecule has 2 atom stereocenters. The van der Waals surface area contributed by atoms with Gasteiger partial charge in [-0.25, -0.2) is 8.42 Å². The Kier molecular flexibility index (Phi) is 9.24. The summed E-state index contributed by atoms with van der Waals surface area (Å²) in [5.41, 5.74) is 0. The van der Waals surface area contributed by atoms with Crippen molar-refractivity contribution in [1.29, 1.82) is 0 Å². The fraction of sp³-hybridized carbons (Fsp3) is 0.522. The Hall–Kier alpha value is -2.03. The molecule has 2 fully saturated rings. The van der Waals surface area contributed by atoms with E-state index in [1.807, 2.05) is 6.07 Å². The van der Waals surface area contributed by atoms with Crippen molar-refractivity contribution in [3.63, 3.8) is 0 Å². The van der Waals surface area contributed by atoms with Crippen LogP contribution in [0.5, 0.6) is 0 Å². The van der Waals surface area contributed by atoms with Crippen molar-refractivity contribution in [2.75, 3.05) is 39.8 Å². The summed E-state index contributed by atoms with van der Waals surface area (Å²) in [6.07, 6.45) is 2.59. The van der Waals surface area contributed by atoms with Crippen molar-refractivity contribution in [3.05, 3.63) is 28.6 Å². The second-order valence-electron chi connectivity index (χ2n) is 8.89. The molecule has 202 valence electrons. The fourth-order valence-electron chi connectivity index (χ4n) is 4.54. The molecule has 0 aromatic carbocycles. The zero-order valence-corrected chi connectivity index (χ0v) is 23.5. The summed E-state index contributed by atoms with van der Waals surface area (Å²) >= 11 is 8.47. The number of likely N-dealkylation sites (tertiary alicyclic amines) is 2. The molecule has 0 saturated carbocycles. The number of methoxy groups -OCH3 is 1. The van der Waals surface area contributed by atoms with Gasteiger partial charge in [0, 0.05) is 35.4 Å². The first-order chi connectivity index (χ1) is 17.7. The minimum atomic E-state index is -3.92. The number of ether oxygens (including phenoxy) is 1. The molecule has 0 bridgehead atoms. The number of nitrogens with one attached hydrogen (secondary N) is 2. The van der Waals surface area contributed by atoms with Gasteiger partial charge < -0.3 is 19.9 Å². The van der Waals surface area contributed by atoms with Gasteiger partial charge in [-0.1, -0.05) is 11.6 Å². The minimum absolute atomic E-state index is 0.0638. The highest BCUT2D eigenvalue weighted by Crippen LogP contribution is 2.37. The van der Waals surface area contributed by atoms with Gasteiger partial charge in [0.2, 0.25) is 11.8 Å². The van der Waals surface area contributed by atoms with Gasteiger partial charge in [-0.05, 0) is 49.9 Å². The third-order valence-electron chi connectivity index (χ3n) is 6.39. The number of carbonyl (C=O) groups is 3. The molecule has 2 saturated heterocycles. The van der Waals surface area contributed by atoms with E-state index in [9.17, 15) is 22.8 Å². The predicted molar refractivity (Wildman–Crippen MR) is 142 cm³/mol. The Morgan fingerprint density at radius 3 is 2.57 bits per heavy atom. The highest BCUT2D eigenvalue weighted by Gasteiger charge is 2.36. The van der Waals surface area contributed by atoms with Crippen LogP contribution < -0.4 is 10.0 Å². The smallest absolute Gasteiger partial charge is 0.319 e. The number of hydrogen-bond acceptors (Lipinski definition) is 9. The van der Waals surface area contributed by atoms with Crippen molar-refractivity contribution in [1.82, 2.24) is 19.8 Å². The molecule has 2 aromatic rings. The molecule has 0 unspecified atom stereocenters. The topological polar surface area (TPSA) is 125 Å². The van der Waals surface area contributed by atoms with Crippen LogP contribution in [-0.2, 0) is 29.1 Å². The van der Waals surface area contributed by atoms with E-state index in [4.69, 9.17) is 11.6 Å². The summed E-state index contributed by atoms with van der Waals surface area (Å²) in [5.74, 6) is -0.959. The van der Waals surface area contributed by atoms with E-state index >= 15 is 0 Å². The lowest BCUT2D eigenvalue weighted by Crippen LogP contribution is -2.55. The van der Waals surface area contributed by atoms with Crippen LogP contribution in [0, 0.1) is 0 Å². The first-order valence-corrected chi connectivity index (χ1v) is 15.4. The molecular weight excluding hydrogens is 560 g/mol. The normalized spacial score (nSPS) is 20.4. The van der Waals surface area contributed by atoms with Crippen LogP contribution in [-0.4, -0.2) is 87.9 Å². The maximum atomic E-state index is 13.1. The minimum Gasteiger partial charge on any atom is -0.468 e. The summed E-state index contributed by atoms with van der Waals surface area (Å²) in [6.45, 7) is 1.39. The molecule has 0 aliphatic carbocycles. The Morgan fingerprint density at radius 2 is 1.84 bits per heavy atom. The van der Waals surface area contributed by atoms with E-state index < -0.39 is 22.0 Å². The van der Waals surface area contributed by atoms with Gasteiger partial charge in [0.1, 0.15) is 10.3 Å². The number of sulfonamides is 1. The second kappa shape index (κ2) is 12.2. The first-order valence-electron chi connectivity index (χ1n) is 11.9. The molecule has 2 aliphatic rings. The maximum Gasteiger partial charge on any atom is 0.319 e. The summed E-state index contributed by atoms with van der Waals surface area (Å²) in [6, 6.07) is 5.84. The van der Waals surface area contributed by atoms with Crippen molar-refractivity contribution < 1.29 is 27.5 Å². The fourth-order valence-corrected chi connectivity index (χ4v) is 8.22. The zero-order chi connectivity index (χ0) is 26.6. The number of hydrogen-bond donors (Lipinski definition) is 2. The highest BCUT2D eigenvalue weighted by atomic mass is 35.5. The number of thiophene rings is 2.